The van der Waals surface area contributed by atoms with E-state index in [1.807, 2.05) is 31.3 Å². The zero-order chi connectivity index (χ0) is 15.4. The molecule has 2 nitrogen and oxygen atoms in total. The standard InChI is InChI=1S/C17H19Cl2NO/c1-11-4-7-17(21-3)13(8-11)10-16(20-2)12-5-6-14(18)15(19)9-12/h4-9,16,20H,10H2,1-3H3. The molecule has 0 aliphatic rings. The smallest absolute Gasteiger partial charge is 0.122 e. The zero-order valence-electron chi connectivity index (χ0n) is 12.4. The van der Waals surface area contributed by atoms with Crippen LogP contribution in [0.25, 0.3) is 0 Å². The Bertz CT molecular complexity index is 628. The van der Waals surface area contributed by atoms with Crippen molar-refractivity contribution in [3.8, 4) is 5.75 Å². The Kier molecular flexibility index (Phi) is 5.51. The largest absolute Gasteiger partial charge is 0.496 e. The van der Waals surface area contributed by atoms with E-state index in [1.165, 1.54) is 11.1 Å². The highest BCUT2D eigenvalue weighted by atomic mass is 35.5. The lowest BCUT2D eigenvalue weighted by atomic mass is 9.97. The number of hydrogen-bond donors (Lipinski definition) is 1. The molecule has 0 aliphatic heterocycles. The summed E-state index contributed by atoms with van der Waals surface area (Å²) in [6, 6.07) is 12.1. The summed E-state index contributed by atoms with van der Waals surface area (Å²) in [5.74, 6) is 0.904. The molecular weight excluding hydrogens is 305 g/mol. The number of benzene rings is 2. The Morgan fingerprint density at radius 1 is 1.10 bits per heavy atom. The maximum Gasteiger partial charge on any atom is 0.122 e. The van der Waals surface area contributed by atoms with Gasteiger partial charge in [0.15, 0.2) is 0 Å². The fourth-order valence-corrected chi connectivity index (χ4v) is 2.71. The van der Waals surface area contributed by atoms with Crippen LogP contribution in [0.3, 0.4) is 0 Å². The van der Waals surface area contributed by atoms with Crippen molar-refractivity contribution in [1.82, 2.24) is 5.32 Å². The van der Waals surface area contributed by atoms with Crippen LogP contribution in [0.15, 0.2) is 36.4 Å². The predicted octanol–water partition coefficient (Wildman–Crippen LogP) is 4.81. The molecule has 2 rings (SSSR count). The van der Waals surface area contributed by atoms with Crippen molar-refractivity contribution in [1.29, 1.82) is 0 Å². The molecule has 0 saturated heterocycles. The number of rotatable bonds is 5. The molecule has 112 valence electrons. The van der Waals surface area contributed by atoms with Crippen LogP contribution in [0.5, 0.6) is 5.75 Å². The molecule has 2 aromatic carbocycles. The van der Waals surface area contributed by atoms with Gasteiger partial charge in [0.1, 0.15) is 5.75 Å². The van der Waals surface area contributed by atoms with Crippen molar-refractivity contribution in [2.75, 3.05) is 14.2 Å². The van der Waals surface area contributed by atoms with Gasteiger partial charge in [-0.3, -0.25) is 0 Å². The molecule has 0 aromatic heterocycles. The zero-order valence-corrected chi connectivity index (χ0v) is 13.9. The van der Waals surface area contributed by atoms with Crippen molar-refractivity contribution in [2.45, 2.75) is 19.4 Å². The molecule has 2 aromatic rings. The molecule has 0 spiro atoms. The van der Waals surface area contributed by atoms with E-state index in [-0.39, 0.29) is 6.04 Å². The Labute approximate surface area is 136 Å². The van der Waals surface area contributed by atoms with Gasteiger partial charge in [-0.2, -0.15) is 0 Å². The molecule has 1 atom stereocenters. The van der Waals surface area contributed by atoms with Crippen molar-refractivity contribution in [3.05, 3.63) is 63.1 Å². The van der Waals surface area contributed by atoms with Crippen LogP contribution in [-0.4, -0.2) is 14.2 Å². The van der Waals surface area contributed by atoms with Crippen LogP contribution in [0, 0.1) is 6.92 Å². The molecular formula is C17H19Cl2NO. The van der Waals surface area contributed by atoms with Gasteiger partial charge in [-0.05, 0) is 49.7 Å². The van der Waals surface area contributed by atoms with E-state index in [2.05, 4.69) is 24.4 Å². The first-order valence-corrected chi connectivity index (χ1v) is 7.56. The van der Waals surface area contributed by atoms with Crippen LogP contribution >= 0.6 is 23.2 Å². The van der Waals surface area contributed by atoms with Crippen LogP contribution < -0.4 is 10.1 Å². The number of nitrogens with one attached hydrogen (secondary N) is 1. The van der Waals surface area contributed by atoms with Gasteiger partial charge in [0.25, 0.3) is 0 Å². The minimum atomic E-state index is 0.149. The first-order chi connectivity index (χ1) is 10.0. The van der Waals surface area contributed by atoms with Crippen LogP contribution in [-0.2, 0) is 6.42 Å². The van der Waals surface area contributed by atoms with Gasteiger partial charge in [-0.25, -0.2) is 0 Å². The van der Waals surface area contributed by atoms with Gasteiger partial charge < -0.3 is 10.1 Å². The summed E-state index contributed by atoms with van der Waals surface area (Å²) in [6.07, 6.45) is 0.819. The minimum Gasteiger partial charge on any atom is -0.496 e. The number of likely N-dealkylation sites (N-methyl/N-ethyl adjacent to an activating group) is 1. The molecule has 1 unspecified atom stereocenters. The summed E-state index contributed by atoms with van der Waals surface area (Å²) in [5.41, 5.74) is 3.49. The van der Waals surface area contributed by atoms with E-state index >= 15 is 0 Å². The molecule has 4 heteroatoms. The second-order valence-corrected chi connectivity index (χ2v) is 5.85. The third-order valence-corrected chi connectivity index (χ3v) is 4.29. The van der Waals surface area contributed by atoms with Crippen molar-refractivity contribution < 1.29 is 4.74 Å². The Balaban J connectivity index is 2.30. The number of ether oxygens (including phenoxy) is 1. The molecule has 0 fully saturated rings. The molecule has 0 bridgehead atoms. The maximum atomic E-state index is 6.12. The van der Waals surface area contributed by atoms with Crippen LogP contribution in [0.1, 0.15) is 22.7 Å². The average Bonchev–Trinajstić information content (AvgIpc) is 2.48. The molecule has 21 heavy (non-hydrogen) atoms. The number of halogens is 2. The lowest BCUT2D eigenvalue weighted by Crippen LogP contribution is -2.19. The normalized spacial score (nSPS) is 12.2. The molecule has 0 radical (unpaired) electrons. The lowest BCUT2D eigenvalue weighted by molar-refractivity contribution is 0.406. The highest BCUT2D eigenvalue weighted by molar-refractivity contribution is 6.42. The Morgan fingerprint density at radius 3 is 2.48 bits per heavy atom. The van der Waals surface area contributed by atoms with Crippen molar-refractivity contribution >= 4 is 23.2 Å². The summed E-state index contributed by atoms with van der Waals surface area (Å²) in [4.78, 5) is 0. The topological polar surface area (TPSA) is 21.3 Å². The molecule has 0 aliphatic carbocycles. The first kappa shape index (κ1) is 16.2. The van der Waals surface area contributed by atoms with E-state index in [9.17, 15) is 0 Å². The van der Waals surface area contributed by atoms with Crippen molar-refractivity contribution in [3.63, 3.8) is 0 Å². The molecule has 0 heterocycles. The molecule has 0 saturated carbocycles. The van der Waals surface area contributed by atoms with Gasteiger partial charge in [-0.15, -0.1) is 0 Å². The van der Waals surface area contributed by atoms with E-state index in [1.54, 1.807) is 7.11 Å². The highest BCUT2D eigenvalue weighted by Gasteiger charge is 2.14. The van der Waals surface area contributed by atoms with Crippen LogP contribution in [0.4, 0.5) is 0 Å². The third-order valence-electron chi connectivity index (χ3n) is 3.55. The lowest BCUT2D eigenvalue weighted by Gasteiger charge is -2.19. The summed E-state index contributed by atoms with van der Waals surface area (Å²) in [5, 5.41) is 4.47. The fourth-order valence-electron chi connectivity index (χ4n) is 2.40. The maximum absolute atomic E-state index is 6.12. The number of aryl methyl sites for hydroxylation is 1. The van der Waals surface area contributed by atoms with E-state index in [4.69, 9.17) is 27.9 Å². The SMILES string of the molecule is CNC(Cc1cc(C)ccc1OC)c1ccc(Cl)c(Cl)c1. The summed E-state index contributed by atoms with van der Waals surface area (Å²) in [7, 11) is 3.64. The summed E-state index contributed by atoms with van der Waals surface area (Å²) in [6.45, 7) is 2.08. The average molecular weight is 324 g/mol. The van der Waals surface area contributed by atoms with Gasteiger partial charge in [0.05, 0.1) is 17.2 Å². The monoisotopic (exact) mass is 323 g/mol. The quantitative estimate of drug-likeness (QED) is 0.852. The summed E-state index contributed by atoms with van der Waals surface area (Å²) < 4.78 is 5.45. The van der Waals surface area contributed by atoms with E-state index < -0.39 is 0 Å². The fraction of sp³-hybridized carbons (Fsp3) is 0.294. The van der Waals surface area contributed by atoms with Gasteiger partial charge in [0.2, 0.25) is 0 Å². The number of methoxy groups -OCH3 is 1. The van der Waals surface area contributed by atoms with Crippen molar-refractivity contribution in [2.24, 2.45) is 0 Å². The highest BCUT2D eigenvalue weighted by Crippen LogP contribution is 2.29. The Hall–Kier alpha value is -1.22. The van der Waals surface area contributed by atoms with Gasteiger partial charge >= 0.3 is 0 Å². The Morgan fingerprint density at radius 2 is 1.86 bits per heavy atom. The van der Waals surface area contributed by atoms with Crippen LogP contribution in [0.2, 0.25) is 10.0 Å². The van der Waals surface area contributed by atoms with E-state index in [0.29, 0.717) is 10.0 Å². The van der Waals surface area contributed by atoms with Gasteiger partial charge in [0, 0.05) is 6.04 Å². The predicted molar refractivity (Wildman–Crippen MR) is 89.7 cm³/mol. The second-order valence-electron chi connectivity index (χ2n) is 5.03. The van der Waals surface area contributed by atoms with Gasteiger partial charge in [-0.1, -0.05) is 47.0 Å². The number of hydrogen-bond acceptors (Lipinski definition) is 2. The van der Waals surface area contributed by atoms with E-state index in [0.717, 1.165) is 17.7 Å². The molecule has 1 N–H and O–H groups in total. The minimum absolute atomic E-state index is 0.149. The first-order valence-electron chi connectivity index (χ1n) is 6.81. The second kappa shape index (κ2) is 7.17. The third kappa shape index (κ3) is 3.91. The summed E-state index contributed by atoms with van der Waals surface area (Å²) >= 11 is 12.1. The molecule has 0 amide bonds.